The van der Waals surface area contributed by atoms with E-state index in [0.717, 1.165) is 28.6 Å². The van der Waals surface area contributed by atoms with E-state index in [9.17, 15) is 26.4 Å². The Morgan fingerprint density at radius 3 is 2.50 bits per heavy atom. The van der Waals surface area contributed by atoms with Crippen molar-refractivity contribution < 1.29 is 31.1 Å². The molecule has 4 rings (SSSR count). The second-order valence-electron chi connectivity index (χ2n) is 7.87. The summed E-state index contributed by atoms with van der Waals surface area (Å²) in [7, 11) is -4.20. The zero-order chi connectivity index (χ0) is 24.7. The van der Waals surface area contributed by atoms with Crippen molar-refractivity contribution in [1.82, 2.24) is 9.55 Å². The van der Waals surface area contributed by atoms with Gasteiger partial charge in [-0.2, -0.15) is 13.2 Å². The predicted molar refractivity (Wildman–Crippen MR) is 118 cm³/mol. The van der Waals surface area contributed by atoms with Gasteiger partial charge in [-0.25, -0.2) is 13.4 Å². The molecule has 1 aromatic heterocycles. The monoisotopic (exact) mass is 494 g/mol. The molecule has 2 aromatic carbocycles. The van der Waals surface area contributed by atoms with Gasteiger partial charge >= 0.3 is 6.18 Å². The van der Waals surface area contributed by atoms with Gasteiger partial charge in [0.15, 0.2) is 0 Å². The molecule has 0 aliphatic carbocycles. The largest absolute Gasteiger partial charge is 0.490 e. The lowest BCUT2D eigenvalue weighted by atomic mass is 10.2. The van der Waals surface area contributed by atoms with Crippen LogP contribution in [0.15, 0.2) is 59.9 Å². The number of anilines is 2. The Morgan fingerprint density at radius 2 is 1.85 bits per heavy atom. The number of nitrogens with zero attached hydrogens (tertiary/aromatic N) is 3. The first-order chi connectivity index (χ1) is 16.0. The Kier molecular flexibility index (Phi) is 6.02. The van der Waals surface area contributed by atoms with Crippen LogP contribution < -0.4 is 14.4 Å². The summed E-state index contributed by atoms with van der Waals surface area (Å²) in [5, 5.41) is 2.66. The second kappa shape index (κ2) is 8.67. The first-order valence-electron chi connectivity index (χ1n) is 10.3. The number of hydrogen-bond acceptors (Lipinski definition) is 5. The Bertz CT molecular complexity index is 1320. The van der Waals surface area contributed by atoms with E-state index < -0.39 is 27.7 Å². The van der Waals surface area contributed by atoms with Crippen LogP contribution in [0, 0.1) is 0 Å². The minimum absolute atomic E-state index is 0.00741. The molecule has 0 atom stereocenters. The fraction of sp³-hybridized carbons (Fsp3) is 0.273. The quantitative estimate of drug-likeness (QED) is 0.583. The van der Waals surface area contributed by atoms with Gasteiger partial charge in [-0.15, -0.1) is 0 Å². The van der Waals surface area contributed by atoms with E-state index in [-0.39, 0.29) is 41.2 Å². The fourth-order valence-corrected chi connectivity index (χ4v) is 5.16. The van der Waals surface area contributed by atoms with Crippen LogP contribution in [0.4, 0.5) is 24.5 Å². The topological polar surface area (TPSA) is 93.5 Å². The molecule has 1 amide bonds. The number of rotatable bonds is 4. The minimum Gasteiger partial charge on any atom is -0.490 e. The summed E-state index contributed by atoms with van der Waals surface area (Å²) >= 11 is 0. The molecule has 0 unspecified atom stereocenters. The van der Waals surface area contributed by atoms with Crippen molar-refractivity contribution in [3.8, 4) is 5.75 Å². The van der Waals surface area contributed by atoms with Gasteiger partial charge in [-0.05, 0) is 56.3 Å². The molecule has 1 N–H and O–H groups in total. The van der Waals surface area contributed by atoms with Gasteiger partial charge in [-0.3, -0.25) is 9.10 Å². The highest BCUT2D eigenvalue weighted by molar-refractivity contribution is 7.93. The predicted octanol–water partition coefficient (Wildman–Crippen LogP) is 4.32. The number of imidazole rings is 1. The lowest BCUT2D eigenvalue weighted by molar-refractivity contribution is -0.137. The molecule has 0 bridgehead atoms. The van der Waals surface area contributed by atoms with Crippen LogP contribution in [0.25, 0.3) is 0 Å². The Morgan fingerprint density at radius 1 is 1.15 bits per heavy atom. The molecule has 8 nitrogen and oxygen atoms in total. The molecule has 0 saturated heterocycles. The summed E-state index contributed by atoms with van der Waals surface area (Å²) in [6, 6.07) is 8.04. The van der Waals surface area contributed by atoms with Crippen LogP contribution in [0.3, 0.4) is 0 Å². The highest BCUT2D eigenvalue weighted by atomic mass is 32.2. The van der Waals surface area contributed by atoms with Crippen molar-refractivity contribution in [1.29, 1.82) is 0 Å². The van der Waals surface area contributed by atoms with Crippen LogP contribution in [-0.2, 0) is 16.2 Å². The Balaban J connectivity index is 1.66. The molecule has 1 aliphatic rings. The number of alkyl halides is 3. The summed E-state index contributed by atoms with van der Waals surface area (Å²) in [5.74, 6) is -0.391. The number of benzene rings is 2. The van der Waals surface area contributed by atoms with Crippen LogP contribution in [-0.4, -0.2) is 37.0 Å². The number of halogens is 3. The number of nitrogens with one attached hydrogen (secondary N) is 1. The van der Waals surface area contributed by atoms with Crippen LogP contribution in [0.1, 0.15) is 35.9 Å². The Labute approximate surface area is 194 Å². The van der Waals surface area contributed by atoms with Crippen molar-refractivity contribution in [3.05, 3.63) is 66.2 Å². The lowest BCUT2D eigenvalue weighted by Gasteiger charge is -2.22. The van der Waals surface area contributed by atoms with E-state index in [4.69, 9.17) is 4.74 Å². The van der Waals surface area contributed by atoms with Gasteiger partial charge in [0, 0.05) is 11.7 Å². The fourth-order valence-electron chi connectivity index (χ4n) is 3.56. The average Bonchev–Trinajstić information content (AvgIpc) is 3.23. The maximum Gasteiger partial charge on any atom is 0.416 e. The van der Waals surface area contributed by atoms with Crippen LogP contribution in [0.5, 0.6) is 5.75 Å². The van der Waals surface area contributed by atoms with Gasteiger partial charge in [0.2, 0.25) is 0 Å². The van der Waals surface area contributed by atoms with E-state index in [1.807, 2.05) is 13.8 Å². The minimum atomic E-state index is -4.54. The average molecular weight is 494 g/mol. The van der Waals surface area contributed by atoms with E-state index >= 15 is 0 Å². The van der Waals surface area contributed by atoms with Crippen LogP contribution >= 0.6 is 0 Å². The highest BCUT2D eigenvalue weighted by Gasteiger charge is 2.34. The number of fused-ring (bicyclic) bond motifs is 1. The maximum atomic E-state index is 13.4. The van der Waals surface area contributed by atoms with Crippen molar-refractivity contribution in [2.75, 3.05) is 22.8 Å². The molecular weight excluding hydrogens is 473 g/mol. The van der Waals surface area contributed by atoms with Crippen LogP contribution in [0.2, 0.25) is 0 Å². The number of carbonyl (C=O) groups is 1. The van der Waals surface area contributed by atoms with Crippen molar-refractivity contribution in [3.63, 3.8) is 0 Å². The number of aromatic nitrogens is 2. The summed E-state index contributed by atoms with van der Waals surface area (Å²) in [5.41, 5.74) is -0.303. The number of amides is 1. The van der Waals surface area contributed by atoms with E-state index in [2.05, 4.69) is 10.3 Å². The van der Waals surface area contributed by atoms with Crippen molar-refractivity contribution in [2.24, 2.45) is 0 Å². The zero-order valence-corrected chi connectivity index (χ0v) is 19.0. The Hall–Kier alpha value is -3.54. The van der Waals surface area contributed by atoms with Gasteiger partial charge in [0.25, 0.3) is 15.9 Å². The molecule has 1 aliphatic heterocycles. The zero-order valence-electron chi connectivity index (χ0n) is 18.2. The molecule has 0 fully saturated rings. The van der Waals surface area contributed by atoms with Crippen molar-refractivity contribution >= 4 is 27.3 Å². The summed E-state index contributed by atoms with van der Waals surface area (Å²) in [6.45, 7) is 3.67. The first-order valence-corrected chi connectivity index (χ1v) is 11.7. The summed E-state index contributed by atoms with van der Waals surface area (Å²) < 4.78 is 73.8. The standard InChI is InChI=1S/C22H21F3N4O4S/c1-14(2)28-13-26-12-18(28)21(30)27-16-5-8-19-20(11-16)34(31,32)29(9-10-33-19)17-6-3-15(4-7-17)22(23,24)25/h3-8,11-14H,9-10H2,1-2H3,(H,27,30). The molecule has 34 heavy (non-hydrogen) atoms. The molecule has 0 radical (unpaired) electrons. The lowest BCUT2D eigenvalue weighted by Crippen LogP contribution is -2.32. The molecule has 180 valence electrons. The third kappa shape index (κ3) is 4.45. The molecule has 12 heteroatoms. The molecular formula is C22H21F3N4O4S. The normalized spacial score (nSPS) is 15.4. The maximum absolute atomic E-state index is 13.4. The summed E-state index contributed by atoms with van der Waals surface area (Å²) in [6.07, 6.45) is -1.61. The second-order valence-corrected chi connectivity index (χ2v) is 9.70. The third-order valence-electron chi connectivity index (χ3n) is 5.26. The number of ether oxygens (including phenoxy) is 1. The van der Waals surface area contributed by atoms with Gasteiger partial charge in [0.1, 0.15) is 22.9 Å². The van der Waals surface area contributed by atoms with Gasteiger partial charge in [0.05, 0.1) is 30.3 Å². The van der Waals surface area contributed by atoms with E-state index in [1.54, 1.807) is 4.57 Å². The number of sulfonamides is 1. The number of hydrogen-bond donors (Lipinski definition) is 1. The smallest absolute Gasteiger partial charge is 0.416 e. The molecule has 3 aromatic rings. The highest BCUT2D eigenvalue weighted by Crippen LogP contribution is 2.36. The molecule has 2 heterocycles. The number of carbonyl (C=O) groups excluding carboxylic acids is 1. The summed E-state index contributed by atoms with van der Waals surface area (Å²) in [4.78, 5) is 16.5. The third-order valence-corrected chi connectivity index (χ3v) is 7.11. The van der Waals surface area contributed by atoms with Gasteiger partial charge < -0.3 is 14.6 Å². The molecule has 0 spiro atoms. The van der Waals surface area contributed by atoms with E-state index in [0.29, 0.717) is 5.69 Å². The SMILES string of the molecule is CC(C)n1cncc1C(=O)Nc1ccc2c(c1)S(=O)(=O)N(c1ccc(C(F)(F)F)cc1)CCO2. The van der Waals surface area contributed by atoms with Crippen molar-refractivity contribution in [2.45, 2.75) is 31.0 Å². The van der Waals surface area contributed by atoms with E-state index in [1.165, 1.54) is 30.7 Å². The molecule has 0 saturated carbocycles. The van der Waals surface area contributed by atoms with Gasteiger partial charge in [-0.1, -0.05) is 0 Å². The first kappa shape index (κ1) is 23.6.